The predicted molar refractivity (Wildman–Crippen MR) is 134 cm³/mol. The molecular weight excluding hydrogens is 464 g/mol. The minimum atomic E-state index is -1.32. The lowest BCUT2D eigenvalue weighted by atomic mass is 9.92. The number of carbonyl (C=O) groups is 3. The number of benzene rings is 1. The van der Waals surface area contributed by atoms with Gasteiger partial charge in [-0.1, -0.05) is 56.5 Å². The summed E-state index contributed by atoms with van der Waals surface area (Å²) in [6.07, 6.45) is 4.46. The Morgan fingerprint density at radius 1 is 1.14 bits per heavy atom. The Morgan fingerprint density at radius 3 is 2.44 bits per heavy atom. The summed E-state index contributed by atoms with van der Waals surface area (Å²) in [5.41, 5.74) is 4.06. The minimum Gasteiger partial charge on any atom is -0.383 e. The highest BCUT2D eigenvalue weighted by Crippen LogP contribution is 2.32. The summed E-state index contributed by atoms with van der Waals surface area (Å²) in [5.74, 6) is -1.27. The molecule has 1 saturated heterocycles. The van der Waals surface area contributed by atoms with Gasteiger partial charge in [0.25, 0.3) is 11.5 Å². The molecule has 2 aromatic rings. The van der Waals surface area contributed by atoms with Crippen molar-refractivity contribution in [1.82, 2.24) is 19.8 Å². The molecule has 2 aliphatic rings. The van der Waals surface area contributed by atoms with Gasteiger partial charge < -0.3 is 11.1 Å². The largest absolute Gasteiger partial charge is 0.383 e. The van der Waals surface area contributed by atoms with Crippen LogP contribution in [0.1, 0.15) is 57.9 Å². The van der Waals surface area contributed by atoms with Crippen LogP contribution in [0.5, 0.6) is 0 Å². The Hall–Kier alpha value is -3.89. The topological polar surface area (TPSA) is 151 Å². The van der Waals surface area contributed by atoms with Crippen molar-refractivity contribution in [3.63, 3.8) is 0 Å². The van der Waals surface area contributed by atoms with E-state index in [1.807, 2.05) is 6.92 Å². The van der Waals surface area contributed by atoms with Crippen LogP contribution in [0.3, 0.4) is 0 Å². The first-order valence-electron chi connectivity index (χ1n) is 12.3. The zero-order valence-electron chi connectivity index (χ0n) is 20.6. The van der Waals surface area contributed by atoms with Crippen molar-refractivity contribution in [2.24, 2.45) is 0 Å². The molecule has 0 unspecified atom stereocenters. The molecule has 192 valence electrons. The van der Waals surface area contributed by atoms with E-state index < -0.39 is 41.2 Å². The van der Waals surface area contributed by atoms with Crippen molar-refractivity contribution in [2.45, 2.75) is 70.5 Å². The molecule has 1 aromatic heterocycles. The van der Waals surface area contributed by atoms with Gasteiger partial charge >= 0.3 is 11.7 Å². The summed E-state index contributed by atoms with van der Waals surface area (Å²) in [7, 11) is 0. The van der Waals surface area contributed by atoms with Gasteiger partial charge in [-0.15, -0.1) is 0 Å². The summed E-state index contributed by atoms with van der Waals surface area (Å²) < 4.78 is 1.26. The summed E-state index contributed by atoms with van der Waals surface area (Å²) >= 11 is 0. The van der Waals surface area contributed by atoms with Gasteiger partial charge in [-0.2, -0.15) is 0 Å². The number of H-pyrrole nitrogens is 1. The Morgan fingerprint density at radius 2 is 1.81 bits per heavy atom. The van der Waals surface area contributed by atoms with Gasteiger partial charge in [0.15, 0.2) is 5.69 Å². The van der Waals surface area contributed by atoms with Gasteiger partial charge in [0, 0.05) is 12.6 Å². The van der Waals surface area contributed by atoms with E-state index in [0.29, 0.717) is 31.4 Å². The average Bonchev–Trinajstić information content (AvgIpc) is 3.45. The number of hydrogen-bond acceptors (Lipinski definition) is 6. The number of unbranched alkanes of at least 4 members (excludes halogenated alkanes) is 1. The van der Waals surface area contributed by atoms with Crippen molar-refractivity contribution >= 4 is 29.4 Å². The quantitative estimate of drug-likeness (QED) is 0.473. The van der Waals surface area contributed by atoms with Gasteiger partial charge in [-0.3, -0.25) is 33.7 Å². The first kappa shape index (κ1) is 25.2. The lowest BCUT2D eigenvalue weighted by molar-refractivity contribution is -0.134. The molecule has 2 heterocycles. The first-order chi connectivity index (χ1) is 17.2. The zero-order valence-corrected chi connectivity index (χ0v) is 20.6. The lowest BCUT2D eigenvalue weighted by Crippen LogP contribution is -2.50. The maximum atomic E-state index is 13.7. The molecule has 2 fully saturated rings. The number of nitrogens with two attached hydrogens (primary N) is 1. The number of hydrogen-bond donors (Lipinski definition) is 3. The second kappa shape index (κ2) is 10.00. The molecule has 1 atom stereocenters. The SMILES string of the molecule is CCCCn1c(N)c(N(C(=O)CN2C(=O)N[C@](C)(c3ccccc3)C2=O)C2CCCC2)c(=O)[nH]c1=O. The molecule has 11 heteroatoms. The number of nitrogen functional groups attached to an aromatic ring is 1. The zero-order chi connectivity index (χ0) is 26.0. The number of urea groups is 1. The van der Waals surface area contributed by atoms with Crippen LogP contribution in [-0.4, -0.2) is 44.9 Å². The minimum absolute atomic E-state index is 0.0937. The maximum Gasteiger partial charge on any atom is 0.330 e. The number of anilines is 2. The predicted octanol–water partition coefficient (Wildman–Crippen LogP) is 1.66. The summed E-state index contributed by atoms with van der Waals surface area (Å²) in [6, 6.07) is 7.76. The molecule has 0 bridgehead atoms. The van der Waals surface area contributed by atoms with Gasteiger partial charge in [-0.05, 0) is 31.7 Å². The number of rotatable bonds is 8. The number of aromatic nitrogens is 2. The molecule has 1 aliphatic heterocycles. The van der Waals surface area contributed by atoms with Gasteiger partial charge in [-0.25, -0.2) is 9.59 Å². The van der Waals surface area contributed by atoms with Crippen LogP contribution in [0.25, 0.3) is 0 Å². The molecule has 4 N–H and O–H groups in total. The molecular formula is C25H32N6O5. The molecule has 1 aromatic carbocycles. The van der Waals surface area contributed by atoms with Crippen LogP contribution in [0.2, 0.25) is 0 Å². The molecule has 0 radical (unpaired) electrons. The van der Waals surface area contributed by atoms with E-state index in [9.17, 15) is 24.0 Å². The fourth-order valence-corrected chi connectivity index (χ4v) is 5.04. The van der Waals surface area contributed by atoms with Gasteiger partial charge in [0.1, 0.15) is 17.9 Å². The summed E-state index contributed by atoms with van der Waals surface area (Å²) in [6.45, 7) is 3.29. The van der Waals surface area contributed by atoms with Crippen LogP contribution in [-0.2, 0) is 21.7 Å². The summed E-state index contributed by atoms with van der Waals surface area (Å²) in [4.78, 5) is 69.7. The molecule has 4 amide bonds. The molecule has 0 spiro atoms. The van der Waals surface area contributed by atoms with Crippen LogP contribution in [0, 0.1) is 0 Å². The monoisotopic (exact) mass is 496 g/mol. The van der Waals surface area contributed by atoms with Crippen LogP contribution >= 0.6 is 0 Å². The Kier molecular flexibility index (Phi) is 7.00. The van der Waals surface area contributed by atoms with E-state index in [2.05, 4.69) is 10.3 Å². The number of nitrogens with zero attached hydrogens (tertiary/aromatic N) is 3. The normalized spacial score (nSPS) is 20.1. The number of nitrogens with one attached hydrogen (secondary N) is 2. The smallest absolute Gasteiger partial charge is 0.330 e. The number of imide groups is 1. The average molecular weight is 497 g/mol. The third-order valence-corrected chi connectivity index (χ3v) is 7.07. The lowest BCUT2D eigenvalue weighted by Gasteiger charge is -2.31. The van der Waals surface area contributed by atoms with Gasteiger partial charge in [0.05, 0.1) is 0 Å². The molecule has 1 aliphatic carbocycles. The summed E-state index contributed by atoms with van der Waals surface area (Å²) in [5, 5.41) is 2.69. The Bertz CT molecular complexity index is 1280. The standard InChI is InChI=1S/C25H32N6O5/c1-3-4-14-29-20(26)19(21(33)27-23(29)35)31(17-12-8-9-13-17)18(32)15-30-22(34)25(2,28-24(30)36)16-10-6-5-7-11-16/h5-7,10-11,17H,3-4,8-9,12-15,26H2,1-2H3,(H,28,36)(H,27,33,35)/t25-/m1/s1. The maximum absolute atomic E-state index is 13.7. The Labute approximate surface area is 208 Å². The highest BCUT2D eigenvalue weighted by Gasteiger charge is 2.50. The van der Waals surface area contributed by atoms with E-state index in [4.69, 9.17) is 5.73 Å². The highest BCUT2D eigenvalue weighted by molar-refractivity contribution is 6.10. The van der Waals surface area contributed by atoms with Crippen molar-refractivity contribution in [1.29, 1.82) is 0 Å². The van der Waals surface area contributed by atoms with E-state index in [1.165, 1.54) is 9.47 Å². The second-order valence-corrected chi connectivity index (χ2v) is 9.51. The van der Waals surface area contributed by atoms with Crippen molar-refractivity contribution in [3.05, 3.63) is 56.7 Å². The van der Waals surface area contributed by atoms with E-state index in [0.717, 1.165) is 24.2 Å². The fraction of sp³-hybridized carbons (Fsp3) is 0.480. The first-order valence-corrected chi connectivity index (χ1v) is 12.3. The third-order valence-electron chi connectivity index (χ3n) is 7.07. The van der Waals surface area contributed by atoms with Gasteiger partial charge in [0.2, 0.25) is 5.91 Å². The number of carbonyl (C=O) groups excluding carboxylic acids is 3. The number of aromatic amines is 1. The number of amides is 4. The molecule has 4 rings (SSSR count). The fourth-order valence-electron chi connectivity index (χ4n) is 5.04. The van der Waals surface area contributed by atoms with Crippen LogP contribution in [0.4, 0.5) is 16.3 Å². The van der Waals surface area contributed by atoms with Crippen molar-refractivity contribution < 1.29 is 14.4 Å². The van der Waals surface area contributed by atoms with E-state index in [-0.39, 0.29) is 17.5 Å². The van der Waals surface area contributed by atoms with E-state index in [1.54, 1.807) is 37.3 Å². The second-order valence-electron chi connectivity index (χ2n) is 9.51. The van der Waals surface area contributed by atoms with E-state index >= 15 is 0 Å². The third kappa shape index (κ3) is 4.40. The van der Waals surface area contributed by atoms with Crippen LogP contribution < -0.4 is 27.2 Å². The Balaban J connectivity index is 1.69. The highest BCUT2D eigenvalue weighted by atomic mass is 16.2. The van der Waals surface area contributed by atoms with Crippen LogP contribution in [0.15, 0.2) is 39.9 Å². The molecule has 1 saturated carbocycles. The molecule has 11 nitrogen and oxygen atoms in total. The van der Waals surface area contributed by atoms with Crippen molar-refractivity contribution in [3.8, 4) is 0 Å². The van der Waals surface area contributed by atoms with Crippen molar-refractivity contribution in [2.75, 3.05) is 17.2 Å². The molecule has 36 heavy (non-hydrogen) atoms.